The number of aryl methyl sites for hydroxylation is 1. The third-order valence-electron chi connectivity index (χ3n) is 3.39. The average molecular weight is 269 g/mol. The normalized spacial score (nSPS) is 10.8. The third kappa shape index (κ3) is 4.10. The molecule has 0 aliphatic carbocycles. The van der Waals surface area contributed by atoms with Crippen molar-refractivity contribution < 1.29 is 4.74 Å². The van der Waals surface area contributed by atoms with Crippen LogP contribution in [-0.2, 0) is 13.1 Å². The van der Waals surface area contributed by atoms with Crippen molar-refractivity contribution >= 4 is 0 Å². The maximum Gasteiger partial charge on any atom is 0.119 e. The van der Waals surface area contributed by atoms with Gasteiger partial charge in [0, 0.05) is 13.1 Å². The summed E-state index contributed by atoms with van der Waals surface area (Å²) in [5.41, 5.74) is 4.05. The summed E-state index contributed by atoms with van der Waals surface area (Å²) >= 11 is 0. The summed E-state index contributed by atoms with van der Waals surface area (Å²) in [6, 6.07) is 16.9. The zero-order chi connectivity index (χ0) is 14.4. The fourth-order valence-electron chi connectivity index (χ4n) is 2.30. The van der Waals surface area contributed by atoms with Crippen LogP contribution in [0.15, 0.2) is 48.5 Å². The Morgan fingerprint density at radius 2 is 1.65 bits per heavy atom. The van der Waals surface area contributed by atoms with Crippen LogP contribution in [0.3, 0.4) is 0 Å². The summed E-state index contributed by atoms with van der Waals surface area (Å²) in [4.78, 5) is 2.33. The van der Waals surface area contributed by atoms with Gasteiger partial charge in [0.2, 0.25) is 0 Å². The first kappa shape index (κ1) is 14.6. The summed E-state index contributed by atoms with van der Waals surface area (Å²) in [6.07, 6.45) is 0. The van der Waals surface area contributed by atoms with E-state index in [1.807, 2.05) is 19.1 Å². The van der Waals surface area contributed by atoms with E-state index < -0.39 is 0 Å². The van der Waals surface area contributed by atoms with Gasteiger partial charge in [-0.2, -0.15) is 0 Å². The van der Waals surface area contributed by atoms with E-state index in [0.717, 1.165) is 18.8 Å². The molecule has 0 aliphatic rings. The first-order chi connectivity index (χ1) is 9.69. The summed E-state index contributed by atoms with van der Waals surface area (Å²) in [7, 11) is 2.16. The van der Waals surface area contributed by atoms with Crippen LogP contribution in [0.25, 0.3) is 0 Å². The SMILES string of the molecule is CCOc1ccc(CN(C)Cc2ccccc2C)cc1. The molecule has 0 fully saturated rings. The van der Waals surface area contributed by atoms with Gasteiger partial charge in [-0.05, 0) is 49.7 Å². The highest BCUT2D eigenvalue weighted by atomic mass is 16.5. The smallest absolute Gasteiger partial charge is 0.119 e. The molecule has 0 bridgehead atoms. The van der Waals surface area contributed by atoms with Crippen molar-refractivity contribution in [2.45, 2.75) is 26.9 Å². The molecule has 0 spiro atoms. The van der Waals surface area contributed by atoms with Crippen LogP contribution in [-0.4, -0.2) is 18.6 Å². The van der Waals surface area contributed by atoms with Crippen molar-refractivity contribution in [1.82, 2.24) is 4.90 Å². The number of hydrogen-bond acceptors (Lipinski definition) is 2. The minimum Gasteiger partial charge on any atom is -0.494 e. The zero-order valence-electron chi connectivity index (χ0n) is 12.6. The molecular formula is C18H23NO. The predicted octanol–water partition coefficient (Wildman–Crippen LogP) is 4.03. The Morgan fingerprint density at radius 1 is 0.950 bits per heavy atom. The van der Waals surface area contributed by atoms with Crippen LogP contribution in [0.2, 0.25) is 0 Å². The van der Waals surface area contributed by atoms with Gasteiger partial charge < -0.3 is 4.74 Å². The molecule has 0 heterocycles. The molecule has 2 aromatic rings. The minimum absolute atomic E-state index is 0.715. The van der Waals surface area contributed by atoms with E-state index in [9.17, 15) is 0 Å². The van der Waals surface area contributed by atoms with Crippen LogP contribution in [0.4, 0.5) is 0 Å². The van der Waals surface area contributed by atoms with Crippen molar-refractivity contribution in [2.75, 3.05) is 13.7 Å². The van der Waals surface area contributed by atoms with Gasteiger partial charge in [-0.1, -0.05) is 36.4 Å². The van der Waals surface area contributed by atoms with Crippen LogP contribution < -0.4 is 4.74 Å². The van der Waals surface area contributed by atoms with Crippen molar-refractivity contribution in [1.29, 1.82) is 0 Å². The number of nitrogens with zero attached hydrogens (tertiary/aromatic N) is 1. The standard InChI is InChI=1S/C18H23NO/c1-4-20-18-11-9-16(10-12-18)13-19(3)14-17-8-6-5-7-15(17)2/h5-12H,4,13-14H2,1-3H3. The minimum atomic E-state index is 0.715. The van der Waals surface area contributed by atoms with Crippen LogP contribution in [0, 0.1) is 6.92 Å². The third-order valence-corrected chi connectivity index (χ3v) is 3.39. The molecule has 0 aromatic heterocycles. The molecule has 0 N–H and O–H groups in total. The molecule has 2 heteroatoms. The fraction of sp³-hybridized carbons (Fsp3) is 0.333. The maximum atomic E-state index is 5.46. The predicted molar refractivity (Wildman–Crippen MR) is 84.0 cm³/mol. The molecule has 106 valence electrons. The maximum absolute atomic E-state index is 5.46. The van der Waals surface area contributed by atoms with E-state index >= 15 is 0 Å². The zero-order valence-corrected chi connectivity index (χ0v) is 12.6. The average Bonchev–Trinajstić information content (AvgIpc) is 2.44. The molecule has 0 atom stereocenters. The van der Waals surface area contributed by atoms with Crippen LogP contribution >= 0.6 is 0 Å². The Kier molecular flexibility index (Phi) is 5.19. The van der Waals surface area contributed by atoms with Gasteiger partial charge in [0.25, 0.3) is 0 Å². The Labute approximate surface area is 122 Å². The second-order valence-corrected chi connectivity index (χ2v) is 5.18. The highest BCUT2D eigenvalue weighted by Crippen LogP contribution is 2.15. The Morgan fingerprint density at radius 3 is 2.30 bits per heavy atom. The summed E-state index contributed by atoms with van der Waals surface area (Å²) < 4.78 is 5.46. The van der Waals surface area contributed by atoms with E-state index in [2.05, 4.69) is 55.3 Å². The molecule has 2 nitrogen and oxygen atoms in total. The highest BCUT2D eigenvalue weighted by Gasteiger charge is 2.04. The Hall–Kier alpha value is -1.80. The quantitative estimate of drug-likeness (QED) is 0.785. The van der Waals surface area contributed by atoms with Gasteiger partial charge >= 0.3 is 0 Å². The molecule has 0 saturated carbocycles. The van der Waals surface area contributed by atoms with E-state index in [4.69, 9.17) is 4.74 Å². The molecule has 0 radical (unpaired) electrons. The van der Waals surface area contributed by atoms with Gasteiger partial charge in [-0.25, -0.2) is 0 Å². The molecule has 2 rings (SSSR count). The molecule has 2 aromatic carbocycles. The lowest BCUT2D eigenvalue weighted by molar-refractivity contribution is 0.317. The number of rotatable bonds is 6. The molecule has 20 heavy (non-hydrogen) atoms. The Bertz CT molecular complexity index is 533. The fourth-order valence-corrected chi connectivity index (χ4v) is 2.30. The molecular weight excluding hydrogens is 246 g/mol. The van der Waals surface area contributed by atoms with Gasteiger partial charge in [-0.15, -0.1) is 0 Å². The second-order valence-electron chi connectivity index (χ2n) is 5.18. The van der Waals surface area contributed by atoms with Gasteiger partial charge in [0.15, 0.2) is 0 Å². The lowest BCUT2D eigenvalue weighted by atomic mass is 10.1. The number of benzene rings is 2. The second kappa shape index (κ2) is 7.11. The van der Waals surface area contributed by atoms with Gasteiger partial charge in [-0.3, -0.25) is 4.90 Å². The molecule has 0 aliphatic heterocycles. The van der Waals surface area contributed by atoms with Crippen molar-refractivity contribution in [3.05, 3.63) is 65.2 Å². The first-order valence-electron chi connectivity index (χ1n) is 7.14. The first-order valence-corrected chi connectivity index (χ1v) is 7.14. The molecule has 0 unspecified atom stereocenters. The van der Waals surface area contributed by atoms with Crippen LogP contribution in [0.1, 0.15) is 23.6 Å². The monoisotopic (exact) mass is 269 g/mol. The van der Waals surface area contributed by atoms with Gasteiger partial charge in [0.1, 0.15) is 5.75 Å². The summed E-state index contributed by atoms with van der Waals surface area (Å²) in [5, 5.41) is 0. The van der Waals surface area contributed by atoms with Crippen LogP contribution in [0.5, 0.6) is 5.75 Å². The number of hydrogen-bond donors (Lipinski definition) is 0. The Balaban J connectivity index is 1.94. The lowest BCUT2D eigenvalue weighted by Gasteiger charge is -2.18. The van der Waals surface area contributed by atoms with E-state index in [-0.39, 0.29) is 0 Å². The molecule has 0 amide bonds. The van der Waals surface area contributed by atoms with Crippen molar-refractivity contribution in [3.8, 4) is 5.75 Å². The van der Waals surface area contributed by atoms with E-state index in [1.54, 1.807) is 0 Å². The number of ether oxygens (including phenoxy) is 1. The largest absolute Gasteiger partial charge is 0.494 e. The van der Waals surface area contributed by atoms with E-state index in [0.29, 0.717) is 6.61 Å². The van der Waals surface area contributed by atoms with Crippen molar-refractivity contribution in [2.24, 2.45) is 0 Å². The summed E-state index contributed by atoms with van der Waals surface area (Å²) in [5.74, 6) is 0.942. The van der Waals surface area contributed by atoms with Gasteiger partial charge in [0.05, 0.1) is 6.61 Å². The molecule has 0 saturated heterocycles. The summed E-state index contributed by atoms with van der Waals surface area (Å²) in [6.45, 7) is 6.80. The van der Waals surface area contributed by atoms with Crippen molar-refractivity contribution in [3.63, 3.8) is 0 Å². The topological polar surface area (TPSA) is 12.5 Å². The van der Waals surface area contributed by atoms with E-state index in [1.165, 1.54) is 16.7 Å². The highest BCUT2D eigenvalue weighted by molar-refractivity contribution is 5.28. The lowest BCUT2D eigenvalue weighted by Crippen LogP contribution is -2.17.